The van der Waals surface area contributed by atoms with Gasteiger partial charge < -0.3 is 4.74 Å². The van der Waals surface area contributed by atoms with Crippen LogP contribution in [-0.2, 0) is 4.74 Å². The van der Waals surface area contributed by atoms with Crippen molar-refractivity contribution in [1.82, 2.24) is 0 Å². The molecule has 0 bridgehead atoms. The molecule has 0 aromatic rings. The van der Waals surface area contributed by atoms with Crippen molar-refractivity contribution in [2.75, 3.05) is 0 Å². The lowest BCUT2D eigenvalue weighted by molar-refractivity contribution is 0.184. The second kappa shape index (κ2) is 3.57. The summed E-state index contributed by atoms with van der Waals surface area (Å²) in [5.41, 5.74) is 3.09. The summed E-state index contributed by atoms with van der Waals surface area (Å²) in [5.74, 6) is 1.24. The van der Waals surface area contributed by atoms with E-state index in [9.17, 15) is 0 Å². The van der Waals surface area contributed by atoms with Gasteiger partial charge >= 0.3 is 0 Å². The molecule has 0 radical (unpaired) electrons. The fourth-order valence-corrected chi connectivity index (χ4v) is 1.68. The van der Waals surface area contributed by atoms with Gasteiger partial charge in [-0.3, -0.25) is 0 Å². The lowest BCUT2D eigenvalue weighted by atomic mass is 9.96. The maximum atomic E-state index is 5.77. The summed E-state index contributed by atoms with van der Waals surface area (Å²) in [6, 6.07) is 0. The third kappa shape index (κ3) is 2.36. The second-order valence-corrected chi connectivity index (χ2v) is 4.30. The molecule has 0 aliphatic heterocycles. The van der Waals surface area contributed by atoms with Gasteiger partial charge in [0.1, 0.15) is 0 Å². The monoisotopic (exact) mass is 178 g/mol. The molecule has 0 heterocycles. The molecular formula is C12H18O. The van der Waals surface area contributed by atoms with Crippen molar-refractivity contribution in [2.24, 2.45) is 0 Å². The van der Waals surface area contributed by atoms with E-state index in [0.717, 1.165) is 12.8 Å². The van der Waals surface area contributed by atoms with Crippen LogP contribution < -0.4 is 0 Å². The molecule has 1 heteroatoms. The minimum absolute atomic E-state index is 0.569. The van der Waals surface area contributed by atoms with Crippen LogP contribution in [0.15, 0.2) is 23.0 Å². The van der Waals surface area contributed by atoms with E-state index in [1.54, 1.807) is 5.57 Å². The normalized spacial score (nSPS) is 22.6. The zero-order valence-electron chi connectivity index (χ0n) is 8.60. The Morgan fingerprint density at radius 3 is 2.54 bits per heavy atom. The first kappa shape index (κ1) is 8.86. The first-order valence-electron chi connectivity index (χ1n) is 5.26. The lowest BCUT2D eigenvalue weighted by Crippen LogP contribution is -2.01. The largest absolute Gasteiger partial charge is 0.495 e. The summed E-state index contributed by atoms with van der Waals surface area (Å²) in [6.07, 6.45) is 8.83. The van der Waals surface area contributed by atoms with Crippen LogP contribution in [0.4, 0.5) is 0 Å². The average molecular weight is 178 g/mol. The van der Waals surface area contributed by atoms with Crippen molar-refractivity contribution in [1.29, 1.82) is 0 Å². The van der Waals surface area contributed by atoms with E-state index >= 15 is 0 Å². The molecule has 2 aliphatic rings. The molecule has 2 rings (SSSR count). The van der Waals surface area contributed by atoms with Crippen LogP contribution in [0, 0.1) is 0 Å². The third-order valence-corrected chi connectivity index (χ3v) is 2.80. The van der Waals surface area contributed by atoms with E-state index in [1.165, 1.54) is 30.6 Å². The maximum absolute atomic E-state index is 5.77. The van der Waals surface area contributed by atoms with Crippen LogP contribution in [-0.4, -0.2) is 6.10 Å². The Kier molecular flexibility index (Phi) is 2.43. The lowest BCUT2D eigenvalue weighted by Gasteiger charge is -2.17. The molecule has 0 aromatic heterocycles. The first-order valence-corrected chi connectivity index (χ1v) is 5.26. The molecule has 1 fully saturated rings. The summed E-state index contributed by atoms with van der Waals surface area (Å²) in [4.78, 5) is 0. The van der Waals surface area contributed by atoms with Crippen molar-refractivity contribution in [3.8, 4) is 0 Å². The highest BCUT2D eigenvalue weighted by molar-refractivity contribution is 5.20. The molecule has 0 unspecified atom stereocenters. The second-order valence-electron chi connectivity index (χ2n) is 4.30. The zero-order valence-corrected chi connectivity index (χ0v) is 8.60. The summed E-state index contributed by atoms with van der Waals surface area (Å²) in [7, 11) is 0. The quantitative estimate of drug-likeness (QED) is 0.587. The van der Waals surface area contributed by atoms with Crippen LogP contribution in [0.1, 0.15) is 46.0 Å². The smallest absolute Gasteiger partial charge is 0.0985 e. The molecule has 2 aliphatic carbocycles. The Morgan fingerprint density at radius 2 is 2.08 bits per heavy atom. The maximum Gasteiger partial charge on any atom is 0.0985 e. The highest BCUT2D eigenvalue weighted by Gasteiger charge is 2.25. The van der Waals surface area contributed by atoms with Crippen molar-refractivity contribution >= 4 is 0 Å². The summed E-state index contributed by atoms with van der Waals surface area (Å²) in [5, 5.41) is 0. The van der Waals surface area contributed by atoms with Gasteiger partial charge in [0.15, 0.2) is 0 Å². The van der Waals surface area contributed by atoms with Crippen LogP contribution >= 0.6 is 0 Å². The minimum atomic E-state index is 0.569. The molecule has 72 valence electrons. The molecule has 0 aromatic carbocycles. The minimum Gasteiger partial charge on any atom is -0.495 e. The average Bonchev–Trinajstić information content (AvgIpc) is 2.89. The molecule has 13 heavy (non-hydrogen) atoms. The van der Waals surface area contributed by atoms with Gasteiger partial charge in [-0.15, -0.1) is 0 Å². The van der Waals surface area contributed by atoms with Crippen LogP contribution in [0.2, 0.25) is 0 Å². The Morgan fingerprint density at radius 1 is 1.31 bits per heavy atom. The number of hydrogen-bond donors (Lipinski definition) is 0. The van der Waals surface area contributed by atoms with Gasteiger partial charge in [-0.25, -0.2) is 0 Å². The van der Waals surface area contributed by atoms with Gasteiger partial charge in [0, 0.05) is 6.42 Å². The van der Waals surface area contributed by atoms with Crippen molar-refractivity contribution < 1.29 is 4.74 Å². The predicted molar refractivity (Wildman–Crippen MR) is 54.4 cm³/mol. The highest BCUT2D eigenvalue weighted by atomic mass is 16.5. The number of allylic oxidation sites excluding steroid dienone is 4. The van der Waals surface area contributed by atoms with Crippen molar-refractivity contribution in [3.63, 3.8) is 0 Å². The number of ether oxygens (including phenoxy) is 1. The molecule has 0 saturated heterocycles. The van der Waals surface area contributed by atoms with Crippen LogP contribution in [0.5, 0.6) is 0 Å². The summed E-state index contributed by atoms with van der Waals surface area (Å²) < 4.78 is 5.77. The van der Waals surface area contributed by atoms with E-state index in [1.807, 2.05) is 0 Å². The fraction of sp³-hybridized carbons (Fsp3) is 0.667. The summed E-state index contributed by atoms with van der Waals surface area (Å²) >= 11 is 0. The zero-order chi connectivity index (χ0) is 9.26. The van der Waals surface area contributed by atoms with Gasteiger partial charge in [0.2, 0.25) is 0 Å². The standard InChI is InChI=1S/C12H18O/c1-9(2)10-3-5-11(6-4-10)13-12-7-8-12/h5,12H,3-4,6-8H2,1-2H3. The topological polar surface area (TPSA) is 9.23 Å². The predicted octanol–water partition coefficient (Wildman–Crippen LogP) is 3.57. The summed E-state index contributed by atoms with van der Waals surface area (Å²) in [6.45, 7) is 4.41. The fourth-order valence-electron chi connectivity index (χ4n) is 1.68. The first-order chi connectivity index (χ1) is 6.25. The molecule has 1 nitrogen and oxygen atoms in total. The molecular weight excluding hydrogens is 160 g/mol. The van der Waals surface area contributed by atoms with Crippen LogP contribution in [0.3, 0.4) is 0 Å². The van der Waals surface area contributed by atoms with Crippen LogP contribution in [0.25, 0.3) is 0 Å². The van der Waals surface area contributed by atoms with E-state index in [2.05, 4.69) is 19.9 Å². The van der Waals surface area contributed by atoms with Gasteiger partial charge in [0.25, 0.3) is 0 Å². The molecule has 1 saturated carbocycles. The Hall–Kier alpha value is -0.720. The van der Waals surface area contributed by atoms with Crippen molar-refractivity contribution in [3.05, 3.63) is 23.0 Å². The molecule has 0 N–H and O–H groups in total. The van der Waals surface area contributed by atoms with E-state index < -0.39 is 0 Å². The van der Waals surface area contributed by atoms with Crippen molar-refractivity contribution in [2.45, 2.75) is 52.1 Å². The Labute approximate surface area is 80.5 Å². The molecule has 0 amide bonds. The van der Waals surface area contributed by atoms with Gasteiger partial charge in [0.05, 0.1) is 11.9 Å². The van der Waals surface area contributed by atoms with Gasteiger partial charge in [-0.2, -0.15) is 0 Å². The van der Waals surface area contributed by atoms with E-state index in [4.69, 9.17) is 4.74 Å². The molecule has 0 spiro atoms. The Balaban J connectivity index is 1.91. The van der Waals surface area contributed by atoms with Gasteiger partial charge in [-0.05, 0) is 45.6 Å². The Bertz CT molecular complexity index is 252. The van der Waals surface area contributed by atoms with E-state index in [0.29, 0.717) is 6.10 Å². The molecule has 0 atom stereocenters. The highest BCUT2D eigenvalue weighted by Crippen LogP contribution is 2.32. The van der Waals surface area contributed by atoms with Gasteiger partial charge in [-0.1, -0.05) is 11.1 Å². The number of hydrogen-bond acceptors (Lipinski definition) is 1. The number of rotatable bonds is 2. The third-order valence-electron chi connectivity index (χ3n) is 2.80. The SMILES string of the molecule is CC(C)=C1CC=C(OC2CC2)CC1. The van der Waals surface area contributed by atoms with E-state index in [-0.39, 0.29) is 0 Å².